The van der Waals surface area contributed by atoms with Gasteiger partial charge in [0.15, 0.2) is 0 Å². The maximum absolute atomic E-state index is 15.6. The summed E-state index contributed by atoms with van der Waals surface area (Å²) in [6.07, 6.45) is -4.72. The van der Waals surface area contributed by atoms with Crippen LogP contribution >= 0.6 is 0 Å². The smallest absolute Gasteiger partial charge is 0.283 e. The highest BCUT2D eigenvalue weighted by Crippen LogP contribution is 2.40. The lowest BCUT2D eigenvalue weighted by Gasteiger charge is -2.35. The van der Waals surface area contributed by atoms with Crippen LogP contribution < -0.4 is 4.72 Å². The molecule has 1 aliphatic heterocycles. The molecule has 0 radical (unpaired) electrons. The lowest BCUT2D eigenvalue weighted by Crippen LogP contribution is -2.53. The summed E-state index contributed by atoms with van der Waals surface area (Å²) in [5.41, 5.74) is -0.325. The second-order valence-electron chi connectivity index (χ2n) is 9.47. The quantitative estimate of drug-likeness (QED) is 0.479. The highest BCUT2D eigenvalue weighted by molar-refractivity contribution is 7.89. The van der Waals surface area contributed by atoms with Gasteiger partial charge in [-0.2, -0.15) is 0 Å². The van der Waals surface area contributed by atoms with E-state index in [1.807, 2.05) is 4.72 Å². The summed E-state index contributed by atoms with van der Waals surface area (Å²) in [7, 11) is -4.14. The van der Waals surface area contributed by atoms with Crippen molar-refractivity contribution in [2.75, 3.05) is 12.3 Å². The molecule has 4 rings (SSSR count). The average Bonchev–Trinajstić information content (AvgIpc) is 3.07. The molecule has 1 saturated heterocycles. The van der Waals surface area contributed by atoms with Crippen LogP contribution in [0.15, 0.2) is 42.5 Å². The van der Waals surface area contributed by atoms with E-state index in [9.17, 15) is 26.4 Å². The average molecular weight is 549 g/mol. The molecule has 0 bridgehead atoms. The van der Waals surface area contributed by atoms with Crippen molar-refractivity contribution < 1.29 is 39.6 Å². The second-order valence-corrected chi connectivity index (χ2v) is 11.5. The molecule has 0 spiro atoms. The van der Waals surface area contributed by atoms with E-state index in [0.717, 1.165) is 11.0 Å². The Kier molecular flexibility index (Phi) is 7.62. The van der Waals surface area contributed by atoms with E-state index in [2.05, 4.69) is 0 Å². The molecule has 2 aliphatic rings. The third-order valence-electron chi connectivity index (χ3n) is 6.98. The minimum atomic E-state index is -4.14. The molecule has 2 atom stereocenters. The number of rotatable bonds is 8. The van der Waals surface area contributed by atoms with Crippen LogP contribution in [0.1, 0.15) is 37.3 Å². The Bertz CT molecular complexity index is 1270. The number of carbonyl (C=O) groups excluding carboxylic acids is 1. The van der Waals surface area contributed by atoms with Gasteiger partial charge in [0.05, 0.1) is 18.3 Å². The summed E-state index contributed by atoms with van der Waals surface area (Å²) in [5.74, 6) is -6.57. The van der Waals surface area contributed by atoms with Crippen LogP contribution in [0.2, 0.25) is 0 Å². The molecule has 1 saturated carbocycles. The third-order valence-corrected chi connectivity index (χ3v) is 8.35. The normalized spacial score (nSPS) is 25.4. The highest BCUT2D eigenvalue weighted by atomic mass is 32.2. The summed E-state index contributed by atoms with van der Waals surface area (Å²) < 4.78 is 112. The molecule has 202 valence electrons. The molecule has 1 amide bonds. The molecule has 1 N–H and O–H groups in total. The van der Waals surface area contributed by atoms with E-state index in [1.165, 1.54) is 43.3 Å². The van der Waals surface area contributed by atoms with Crippen molar-refractivity contribution in [1.29, 1.82) is 0 Å². The summed E-state index contributed by atoms with van der Waals surface area (Å²) in [5, 5.41) is 0. The van der Waals surface area contributed by atoms with Crippen molar-refractivity contribution in [3.05, 3.63) is 59.4 Å². The fraction of sp³-hybridized carbons (Fsp3) is 0.480. The van der Waals surface area contributed by atoms with Crippen molar-refractivity contribution in [2.24, 2.45) is 5.92 Å². The largest absolute Gasteiger partial charge is 0.331 e. The third kappa shape index (κ3) is 5.64. The Balaban J connectivity index is 1.71. The maximum Gasteiger partial charge on any atom is 0.283 e. The van der Waals surface area contributed by atoms with Gasteiger partial charge < -0.3 is 4.90 Å². The van der Waals surface area contributed by atoms with E-state index in [0.29, 0.717) is 0 Å². The van der Waals surface area contributed by atoms with Crippen molar-refractivity contribution in [3.63, 3.8) is 0 Å². The fourth-order valence-corrected chi connectivity index (χ4v) is 5.71. The van der Waals surface area contributed by atoms with E-state index in [1.54, 1.807) is 0 Å². The monoisotopic (exact) mass is 548 g/mol. The van der Waals surface area contributed by atoms with Gasteiger partial charge in [0.2, 0.25) is 15.9 Å². The molecular weight excluding hydrogens is 522 g/mol. The Morgan fingerprint density at radius 2 is 1.84 bits per heavy atom. The van der Waals surface area contributed by atoms with E-state index >= 15 is 13.2 Å². The van der Waals surface area contributed by atoms with Gasteiger partial charge in [0.1, 0.15) is 18.0 Å². The maximum atomic E-state index is 15.6. The van der Waals surface area contributed by atoms with E-state index in [4.69, 9.17) is 0 Å². The zero-order valence-corrected chi connectivity index (χ0v) is 20.6. The molecule has 2 aromatic carbocycles. The van der Waals surface area contributed by atoms with Gasteiger partial charge in [-0.25, -0.2) is 39.5 Å². The van der Waals surface area contributed by atoms with Crippen LogP contribution in [-0.2, 0) is 21.2 Å². The standard InChI is InChI=1S/C25H26F6N2O3S/c1-2-37(35,36)32-22-20(33(13-25(22,30)31)24(34)17-10-18(26)11-17)12-15-6-4-8-19(21(15)27)14-5-3-7-16(9-14)23(28)29/h3-9,17-18,20,22-23,32H,2,10-13H2,1H3/t17?,18?,20-,22+/m0/s1. The number of benzene rings is 2. The van der Waals surface area contributed by atoms with Gasteiger partial charge in [-0.3, -0.25) is 4.79 Å². The van der Waals surface area contributed by atoms with E-state index < -0.39 is 77.0 Å². The van der Waals surface area contributed by atoms with Crippen LogP contribution in [0.25, 0.3) is 11.1 Å². The van der Waals surface area contributed by atoms with Crippen molar-refractivity contribution >= 4 is 15.9 Å². The first-order chi connectivity index (χ1) is 17.3. The number of nitrogens with one attached hydrogen (secondary N) is 1. The molecule has 2 fully saturated rings. The Labute approximate surface area is 210 Å². The number of sulfonamides is 1. The lowest BCUT2D eigenvalue weighted by molar-refractivity contribution is -0.142. The van der Waals surface area contributed by atoms with Gasteiger partial charge in [-0.05, 0) is 43.4 Å². The van der Waals surface area contributed by atoms with Gasteiger partial charge in [-0.1, -0.05) is 36.4 Å². The predicted molar refractivity (Wildman–Crippen MR) is 125 cm³/mol. The van der Waals surface area contributed by atoms with Crippen molar-refractivity contribution in [2.45, 2.75) is 56.8 Å². The Morgan fingerprint density at radius 3 is 2.46 bits per heavy atom. The van der Waals surface area contributed by atoms with Crippen LogP contribution in [0, 0.1) is 11.7 Å². The molecule has 2 aromatic rings. The molecule has 37 heavy (non-hydrogen) atoms. The molecule has 1 heterocycles. The minimum Gasteiger partial charge on any atom is -0.331 e. The summed E-state index contributed by atoms with van der Waals surface area (Å²) in [4.78, 5) is 13.8. The molecule has 5 nitrogen and oxygen atoms in total. The molecule has 0 unspecified atom stereocenters. The summed E-state index contributed by atoms with van der Waals surface area (Å²) >= 11 is 0. The topological polar surface area (TPSA) is 66.5 Å². The number of alkyl halides is 5. The SMILES string of the molecule is CCS(=O)(=O)N[C@@H]1[C@H](Cc2cccc(-c3cccc(C(F)F)c3)c2F)N(C(=O)C2CC(F)C2)CC1(F)F. The highest BCUT2D eigenvalue weighted by Gasteiger charge is 2.58. The fourth-order valence-electron chi connectivity index (χ4n) is 4.83. The second kappa shape index (κ2) is 10.3. The Hall–Kier alpha value is -2.60. The molecular formula is C25H26F6N2O3S. The van der Waals surface area contributed by atoms with Crippen molar-refractivity contribution in [1.82, 2.24) is 9.62 Å². The van der Waals surface area contributed by atoms with Gasteiger partial charge in [0.25, 0.3) is 12.3 Å². The first kappa shape index (κ1) is 27.4. The molecule has 1 aliphatic carbocycles. The van der Waals surface area contributed by atoms with Crippen LogP contribution in [0.4, 0.5) is 26.3 Å². The first-order valence-corrected chi connectivity index (χ1v) is 13.5. The van der Waals surface area contributed by atoms with Gasteiger partial charge >= 0.3 is 0 Å². The Morgan fingerprint density at radius 1 is 1.16 bits per heavy atom. The van der Waals surface area contributed by atoms with Gasteiger partial charge in [-0.15, -0.1) is 0 Å². The summed E-state index contributed by atoms with van der Waals surface area (Å²) in [6.45, 7) is 0.165. The van der Waals surface area contributed by atoms with Crippen LogP contribution in [0.3, 0.4) is 0 Å². The van der Waals surface area contributed by atoms with Crippen LogP contribution in [-0.4, -0.2) is 55.7 Å². The lowest BCUT2D eigenvalue weighted by atomic mass is 9.82. The number of likely N-dealkylation sites (tertiary alicyclic amines) is 1. The predicted octanol–water partition coefficient (Wildman–Crippen LogP) is 4.87. The number of halogens is 6. The number of carbonyl (C=O) groups is 1. The number of hydrogen-bond donors (Lipinski definition) is 1. The number of amides is 1. The van der Waals surface area contributed by atoms with Crippen LogP contribution in [0.5, 0.6) is 0 Å². The molecule has 12 heteroatoms. The van der Waals surface area contributed by atoms with Gasteiger partial charge in [0, 0.05) is 17.0 Å². The minimum absolute atomic E-state index is 0.0485. The first-order valence-electron chi connectivity index (χ1n) is 11.8. The zero-order valence-electron chi connectivity index (χ0n) is 19.8. The molecule has 0 aromatic heterocycles. The summed E-state index contributed by atoms with van der Waals surface area (Å²) in [6, 6.07) is 5.66. The van der Waals surface area contributed by atoms with E-state index in [-0.39, 0.29) is 35.1 Å². The zero-order chi connectivity index (χ0) is 27.1. The number of hydrogen-bond acceptors (Lipinski definition) is 3. The van der Waals surface area contributed by atoms with Crippen molar-refractivity contribution in [3.8, 4) is 11.1 Å². The number of nitrogens with zero attached hydrogens (tertiary/aromatic N) is 1.